The van der Waals surface area contributed by atoms with Gasteiger partial charge in [-0.25, -0.2) is 0 Å². The van der Waals surface area contributed by atoms with Gasteiger partial charge in [-0.2, -0.15) is 0 Å². The molecule has 1 spiro atoms. The van der Waals surface area contributed by atoms with E-state index in [1.165, 1.54) is 99.2 Å². The van der Waals surface area contributed by atoms with Gasteiger partial charge in [0.2, 0.25) is 0 Å². The lowest BCUT2D eigenvalue weighted by atomic mass is 9.66. The van der Waals surface area contributed by atoms with Crippen LogP contribution in [0.3, 0.4) is 0 Å². The van der Waals surface area contributed by atoms with Gasteiger partial charge in [0.05, 0.1) is 27.5 Å². The van der Waals surface area contributed by atoms with Crippen molar-refractivity contribution in [3.63, 3.8) is 0 Å². The molecule has 3 heteroatoms. The molecule has 298 valence electrons. The molecular formula is C61H38N2O. The third-order valence-corrected chi connectivity index (χ3v) is 14.0. The van der Waals surface area contributed by atoms with E-state index >= 15 is 0 Å². The SMILES string of the molecule is c1ccc(-c2ccc3c(c2)c2ccccc2n3-c2ccc(-c3ccc4c(c3)c3ccc5c(c3n4-c3ccccc3)-c3ccccc3C53c4ccccc4Oc4ccccc43)cc2)cc1. The molecular weight excluding hydrogens is 777 g/mol. The van der Waals surface area contributed by atoms with E-state index in [1.54, 1.807) is 0 Å². The lowest BCUT2D eigenvalue weighted by molar-refractivity contribution is 0.436. The fourth-order valence-electron chi connectivity index (χ4n) is 11.3. The molecule has 0 bridgehead atoms. The van der Waals surface area contributed by atoms with E-state index in [4.69, 9.17) is 4.74 Å². The highest BCUT2D eigenvalue weighted by molar-refractivity contribution is 6.17. The second-order valence-electron chi connectivity index (χ2n) is 17.2. The van der Waals surface area contributed by atoms with Crippen molar-refractivity contribution in [3.05, 3.63) is 253 Å². The van der Waals surface area contributed by atoms with Crippen molar-refractivity contribution in [1.29, 1.82) is 0 Å². The van der Waals surface area contributed by atoms with Gasteiger partial charge in [-0.1, -0.05) is 164 Å². The molecule has 0 atom stereocenters. The highest BCUT2D eigenvalue weighted by Crippen LogP contribution is 2.63. The summed E-state index contributed by atoms with van der Waals surface area (Å²) in [4.78, 5) is 0. The lowest BCUT2D eigenvalue weighted by Gasteiger charge is -2.39. The fraction of sp³-hybridized carbons (Fsp3) is 0.0164. The Hall–Kier alpha value is -8.40. The quantitative estimate of drug-likeness (QED) is 0.173. The van der Waals surface area contributed by atoms with E-state index in [0.717, 1.165) is 22.9 Å². The van der Waals surface area contributed by atoms with E-state index in [-0.39, 0.29) is 0 Å². The number of hydrogen-bond acceptors (Lipinski definition) is 1. The molecule has 0 amide bonds. The minimum atomic E-state index is -0.545. The number of para-hydroxylation sites is 4. The molecule has 12 aromatic rings. The molecule has 2 aromatic heterocycles. The van der Waals surface area contributed by atoms with Gasteiger partial charge in [-0.05, 0) is 106 Å². The first kappa shape index (κ1) is 35.2. The highest BCUT2D eigenvalue weighted by atomic mass is 16.5. The lowest BCUT2D eigenvalue weighted by Crippen LogP contribution is -2.32. The van der Waals surface area contributed by atoms with Gasteiger partial charge < -0.3 is 13.9 Å². The van der Waals surface area contributed by atoms with Gasteiger partial charge in [0.1, 0.15) is 11.5 Å². The van der Waals surface area contributed by atoms with Gasteiger partial charge in [0.15, 0.2) is 0 Å². The predicted octanol–water partition coefficient (Wildman–Crippen LogP) is 15.7. The molecule has 0 radical (unpaired) electrons. The van der Waals surface area contributed by atoms with E-state index in [2.05, 4.69) is 240 Å². The van der Waals surface area contributed by atoms with Gasteiger partial charge in [0.25, 0.3) is 0 Å². The second kappa shape index (κ2) is 13.3. The number of nitrogens with zero attached hydrogens (tertiary/aromatic N) is 2. The Bertz CT molecular complexity index is 3810. The molecule has 0 saturated heterocycles. The minimum absolute atomic E-state index is 0.545. The van der Waals surface area contributed by atoms with Crippen molar-refractivity contribution in [2.45, 2.75) is 5.41 Å². The summed E-state index contributed by atoms with van der Waals surface area (Å²) in [5.41, 5.74) is 18.8. The Morgan fingerprint density at radius 1 is 0.312 bits per heavy atom. The van der Waals surface area contributed by atoms with Crippen LogP contribution in [0.15, 0.2) is 231 Å². The number of benzene rings is 10. The van der Waals surface area contributed by atoms with Crippen molar-refractivity contribution >= 4 is 43.6 Å². The van der Waals surface area contributed by atoms with Crippen molar-refractivity contribution in [2.24, 2.45) is 0 Å². The maximum Gasteiger partial charge on any atom is 0.132 e. The minimum Gasteiger partial charge on any atom is -0.457 e. The zero-order chi connectivity index (χ0) is 41.9. The molecule has 1 aliphatic carbocycles. The van der Waals surface area contributed by atoms with Crippen molar-refractivity contribution < 1.29 is 4.74 Å². The smallest absolute Gasteiger partial charge is 0.132 e. The number of fused-ring (bicyclic) bond motifs is 16. The standard InChI is InChI=1S/C61H38N2O/c1-3-15-39(16-4-1)41-29-35-55-48(37-41)45-19-8-12-24-54(45)62(55)44-31-27-40(28-32-44)42-30-36-56-49(38-42)46-33-34-53-59(60(46)63(56)43-17-5-2-6-18-43)47-20-7-9-21-50(47)61(53)51-22-10-13-25-57(51)64-58-26-14-11-23-52(58)61/h1-38H. The van der Waals surface area contributed by atoms with Crippen LogP contribution in [-0.2, 0) is 5.41 Å². The maximum absolute atomic E-state index is 6.66. The molecule has 3 heterocycles. The molecule has 14 rings (SSSR count). The maximum atomic E-state index is 6.66. The molecule has 0 saturated carbocycles. The van der Waals surface area contributed by atoms with Crippen LogP contribution < -0.4 is 4.74 Å². The summed E-state index contributed by atoms with van der Waals surface area (Å²) in [6.45, 7) is 0. The molecule has 64 heavy (non-hydrogen) atoms. The summed E-state index contributed by atoms with van der Waals surface area (Å²) in [6.07, 6.45) is 0. The van der Waals surface area contributed by atoms with Gasteiger partial charge in [-0.15, -0.1) is 0 Å². The van der Waals surface area contributed by atoms with Crippen LogP contribution in [0, 0.1) is 0 Å². The van der Waals surface area contributed by atoms with Gasteiger partial charge >= 0.3 is 0 Å². The van der Waals surface area contributed by atoms with E-state index in [1.807, 2.05) is 0 Å². The topological polar surface area (TPSA) is 19.1 Å². The monoisotopic (exact) mass is 814 g/mol. The van der Waals surface area contributed by atoms with Crippen LogP contribution in [0.5, 0.6) is 11.5 Å². The summed E-state index contributed by atoms with van der Waals surface area (Å²) in [6, 6.07) is 84.3. The average Bonchev–Trinajstić information content (AvgIpc) is 3.98. The molecule has 0 N–H and O–H groups in total. The summed E-state index contributed by atoms with van der Waals surface area (Å²) < 4.78 is 11.6. The summed E-state index contributed by atoms with van der Waals surface area (Å²) in [5, 5.41) is 4.97. The summed E-state index contributed by atoms with van der Waals surface area (Å²) in [7, 11) is 0. The fourth-order valence-corrected chi connectivity index (χ4v) is 11.3. The Morgan fingerprint density at radius 2 is 0.828 bits per heavy atom. The van der Waals surface area contributed by atoms with Crippen LogP contribution in [0.4, 0.5) is 0 Å². The zero-order valence-electron chi connectivity index (χ0n) is 34.7. The molecule has 2 aliphatic rings. The largest absolute Gasteiger partial charge is 0.457 e. The van der Waals surface area contributed by atoms with Crippen LogP contribution in [0.1, 0.15) is 22.3 Å². The van der Waals surface area contributed by atoms with Crippen LogP contribution in [0.2, 0.25) is 0 Å². The first-order valence-electron chi connectivity index (χ1n) is 22.1. The Morgan fingerprint density at radius 3 is 1.55 bits per heavy atom. The Balaban J connectivity index is 0.964. The second-order valence-corrected chi connectivity index (χ2v) is 17.2. The molecule has 1 aliphatic heterocycles. The zero-order valence-corrected chi connectivity index (χ0v) is 34.7. The summed E-state index contributed by atoms with van der Waals surface area (Å²) >= 11 is 0. The number of aromatic nitrogens is 2. The molecule has 0 unspecified atom stereocenters. The predicted molar refractivity (Wildman–Crippen MR) is 263 cm³/mol. The summed E-state index contributed by atoms with van der Waals surface area (Å²) in [5.74, 6) is 1.80. The van der Waals surface area contributed by atoms with Crippen molar-refractivity contribution in [1.82, 2.24) is 9.13 Å². The van der Waals surface area contributed by atoms with Crippen LogP contribution in [-0.4, -0.2) is 9.13 Å². The van der Waals surface area contributed by atoms with E-state index in [0.29, 0.717) is 0 Å². The third-order valence-electron chi connectivity index (χ3n) is 14.0. The Kier molecular flexibility index (Phi) is 7.32. The van der Waals surface area contributed by atoms with Crippen LogP contribution >= 0.6 is 0 Å². The molecule has 3 nitrogen and oxygen atoms in total. The Labute approximate surface area is 370 Å². The van der Waals surface area contributed by atoms with Crippen molar-refractivity contribution in [3.8, 4) is 56.3 Å². The van der Waals surface area contributed by atoms with Crippen LogP contribution in [0.25, 0.3) is 88.4 Å². The number of ether oxygens (including phenoxy) is 1. The number of rotatable bonds is 4. The van der Waals surface area contributed by atoms with E-state index in [9.17, 15) is 0 Å². The van der Waals surface area contributed by atoms with Gasteiger partial charge in [-0.3, -0.25) is 0 Å². The van der Waals surface area contributed by atoms with E-state index < -0.39 is 5.41 Å². The third kappa shape index (κ3) is 4.76. The molecule has 10 aromatic carbocycles. The average molecular weight is 815 g/mol. The van der Waals surface area contributed by atoms with Gasteiger partial charge in [0, 0.05) is 49.6 Å². The highest BCUT2D eigenvalue weighted by Gasteiger charge is 2.51. The first-order chi connectivity index (χ1) is 31.8. The van der Waals surface area contributed by atoms with Crippen molar-refractivity contribution in [2.75, 3.05) is 0 Å². The number of hydrogen-bond donors (Lipinski definition) is 0. The molecule has 0 fully saturated rings. The first-order valence-corrected chi connectivity index (χ1v) is 22.1. The normalized spacial score (nSPS) is 13.2.